The topological polar surface area (TPSA) is 90.9 Å². The van der Waals surface area contributed by atoms with E-state index in [0.717, 1.165) is 19.6 Å². The number of amides is 2. The molecule has 1 aliphatic rings. The summed E-state index contributed by atoms with van der Waals surface area (Å²) in [5.74, 6) is -1.04. The number of carboxylic acids is 1. The van der Waals surface area contributed by atoms with E-state index in [1.807, 2.05) is 0 Å². The van der Waals surface area contributed by atoms with Gasteiger partial charge in [0.2, 0.25) is 0 Å². The number of rotatable bonds is 5. The van der Waals surface area contributed by atoms with E-state index >= 15 is 0 Å². The smallest absolute Gasteiger partial charge is 0.326 e. The second kappa shape index (κ2) is 7.61. The fourth-order valence-electron chi connectivity index (χ4n) is 2.23. The molecular weight excluding hydrogens is 274 g/mol. The molecule has 2 atom stereocenters. The Morgan fingerprint density at radius 2 is 2.10 bits per heavy atom. The molecular formula is C14H27N3O4. The molecule has 0 aromatic heterocycles. The maximum Gasteiger partial charge on any atom is 0.326 e. The molecule has 7 nitrogen and oxygen atoms in total. The molecule has 0 saturated carbocycles. The van der Waals surface area contributed by atoms with Crippen molar-refractivity contribution < 1.29 is 19.4 Å². The lowest BCUT2D eigenvalue weighted by Crippen LogP contribution is -2.54. The zero-order chi connectivity index (χ0) is 16.0. The molecule has 0 radical (unpaired) electrons. The van der Waals surface area contributed by atoms with Crippen molar-refractivity contribution in [1.82, 2.24) is 15.5 Å². The van der Waals surface area contributed by atoms with Crippen molar-refractivity contribution >= 4 is 12.0 Å². The number of morpholine rings is 1. The Bertz CT molecular complexity index is 368. The first-order valence-corrected chi connectivity index (χ1v) is 7.35. The Hall–Kier alpha value is -1.34. The quantitative estimate of drug-likeness (QED) is 0.688. The van der Waals surface area contributed by atoms with E-state index in [-0.39, 0.29) is 6.10 Å². The van der Waals surface area contributed by atoms with Gasteiger partial charge >= 0.3 is 12.0 Å². The zero-order valence-electron chi connectivity index (χ0n) is 13.3. The van der Waals surface area contributed by atoms with Crippen LogP contribution in [0.15, 0.2) is 0 Å². The van der Waals surface area contributed by atoms with E-state index in [4.69, 9.17) is 9.84 Å². The number of carbonyl (C=O) groups excluding carboxylic acids is 1. The van der Waals surface area contributed by atoms with Crippen LogP contribution in [0.4, 0.5) is 4.79 Å². The molecule has 122 valence electrons. The number of carbonyl (C=O) groups is 2. The summed E-state index contributed by atoms with van der Waals surface area (Å²) < 4.78 is 5.58. The third-order valence-corrected chi connectivity index (χ3v) is 3.55. The first-order chi connectivity index (χ1) is 9.74. The number of urea groups is 1. The van der Waals surface area contributed by atoms with Gasteiger partial charge in [-0.15, -0.1) is 0 Å². The summed E-state index contributed by atoms with van der Waals surface area (Å²) in [4.78, 5) is 25.3. The Balaban J connectivity index is 2.41. The lowest BCUT2D eigenvalue weighted by Gasteiger charge is -2.32. The maximum atomic E-state index is 11.8. The van der Waals surface area contributed by atoms with Gasteiger partial charge in [-0.25, -0.2) is 9.59 Å². The highest BCUT2D eigenvalue weighted by atomic mass is 16.5. The fraction of sp³-hybridized carbons (Fsp3) is 0.857. The van der Waals surface area contributed by atoms with Crippen LogP contribution in [0, 0.1) is 5.41 Å². The number of carboxylic acid groups (broad SMARTS) is 1. The van der Waals surface area contributed by atoms with Gasteiger partial charge in [-0.2, -0.15) is 0 Å². The van der Waals surface area contributed by atoms with Gasteiger partial charge < -0.3 is 20.5 Å². The summed E-state index contributed by atoms with van der Waals surface area (Å²) in [5.41, 5.74) is -0.552. The van der Waals surface area contributed by atoms with Crippen molar-refractivity contribution in [1.29, 1.82) is 0 Å². The van der Waals surface area contributed by atoms with Crippen LogP contribution >= 0.6 is 0 Å². The molecule has 0 aromatic rings. The van der Waals surface area contributed by atoms with Gasteiger partial charge in [0, 0.05) is 19.6 Å². The van der Waals surface area contributed by atoms with Crippen LogP contribution in [0.5, 0.6) is 0 Å². The first-order valence-electron chi connectivity index (χ1n) is 7.35. The first kappa shape index (κ1) is 17.7. The van der Waals surface area contributed by atoms with Crippen molar-refractivity contribution in [2.45, 2.75) is 39.8 Å². The Morgan fingerprint density at radius 1 is 1.43 bits per heavy atom. The number of aliphatic carboxylic acids is 1. The van der Waals surface area contributed by atoms with E-state index in [1.54, 1.807) is 20.8 Å². The van der Waals surface area contributed by atoms with Gasteiger partial charge in [-0.3, -0.25) is 4.90 Å². The van der Waals surface area contributed by atoms with Crippen molar-refractivity contribution in [2.24, 2.45) is 5.41 Å². The van der Waals surface area contributed by atoms with Crippen LogP contribution < -0.4 is 10.6 Å². The minimum Gasteiger partial charge on any atom is -0.480 e. The number of ether oxygens (including phenoxy) is 1. The summed E-state index contributed by atoms with van der Waals surface area (Å²) in [5, 5.41) is 14.4. The largest absolute Gasteiger partial charge is 0.480 e. The summed E-state index contributed by atoms with van der Waals surface area (Å²) in [6.45, 7) is 11.1. The molecule has 21 heavy (non-hydrogen) atoms. The molecule has 3 N–H and O–H groups in total. The van der Waals surface area contributed by atoms with Crippen LogP contribution in [0.3, 0.4) is 0 Å². The second-order valence-electron chi connectivity index (χ2n) is 6.38. The summed E-state index contributed by atoms with van der Waals surface area (Å²) in [7, 11) is 0. The fourth-order valence-corrected chi connectivity index (χ4v) is 2.23. The normalized spacial score (nSPS) is 21.6. The Kier molecular flexibility index (Phi) is 6.42. The Morgan fingerprint density at radius 3 is 2.62 bits per heavy atom. The molecule has 2 amide bonds. The number of hydrogen-bond acceptors (Lipinski definition) is 4. The van der Waals surface area contributed by atoms with Crippen LogP contribution in [-0.2, 0) is 9.53 Å². The molecule has 0 spiro atoms. The molecule has 1 fully saturated rings. The highest BCUT2D eigenvalue weighted by Crippen LogP contribution is 2.19. The second-order valence-corrected chi connectivity index (χ2v) is 6.38. The molecule has 0 aliphatic carbocycles. The van der Waals surface area contributed by atoms with E-state index in [1.165, 1.54) is 0 Å². The summed E-state index contributed by atoms with van der Waals surface area (Å²) >= 11 is 0. The van der Waals surface area contributed by atoms with Gasteiger partial charge in [0.05, 0.1) is 12.7 Å². The summed E-state index contributed by atoms with van der Waals surface area (Å²) in [6.07, 6.45) is -0.0534. The van der Waals surface area contributed by atoms with Crippen LogP contribution in [0.1, 0.15) is 27.7 Å². The van der Waals surface area contributed by atoms with Gasteiger partial charge in [0.15, 0.2) is 0 Å². The van der Waals surface area contributed by atoms with Crippen molar-refractivity contribution in [3.63, 3.8) is 0 Å². The number of nitrogens with zero attached hydrogens (tertiary/aromatic N) is 1. The number of hydrogen-bond donors (Lipinski definition) is 3. The number of likely N-dealkylation sites (N-methyl/N-ethyl adjacent to an activating group) is 1. The average molecular weight is 301 g/mol. The number of nitrogens with one attached hydrogen (secondary N) is 2. The monoisotopic (exact) mass is 301 g/mol. The van der Waals surface area contributed by atoms with Gasteiger partial charge in [0.1, 0.15) is 6.04 Å². The van der Waals surface area contributed by atoms with Crippen molar-refractivity contribution in [2.75, 3.05) is 32.8 Å². The molecule has 1 heterocycles. The van der Waals surface area contributed by atoms with Gasteiger partial charge in [-0.05, 0) is 12.0 Å². The van der Waals surface area contributed by atoms with E-state index in [2.05, 4.69) is 22.5 Å². The third-order valence-electron chi connectivity index (χ3n) is 3.55. The lowest BCUT2D eigenvalue weighted by atomic mass is 9.87. The van der Waals surface area contributed by atoms with E-state index in [0.29, 0.717) is 13.2 Å². The van der Waals surface area contributed by atoms with Crippen LogP contribution in [0.25, 0.3) is 0 Å². The Labute approximate surface area is 126 Å². The molecule has 0 aromatic carbocycles. The highest BCUT2D eigenvalue weighted by molar-refractivity contribution is 5.83. The third kappa shape index (κ3) is 5.89. The molecule has 2 unspecified atom stereocenters. The molecule has 1 saturated heterocycles. The highest BCUT2D eigenvalue weighted by Gasteiger charge is 2.32. The van der Waals surface area contributed by atoms with Crippen LogP contribution in [-0.4, -0.2) is 66.9 Å². The summed E-state index contributed by atoms with van der Waals surface area (Å²) in [6, 6.07) is -1.41. The van der Waals surface area contributed by atoms with Gasteiger partial charge in [-0.1, -0.05) is 27.7 Å². The minimum atomic E-state index is -1.04. The molecule has 1 rings (SSSR count). The predicted molar refractivity (Wildman–Crippen MR) is 79.3 cm³/mol. The maximum absolute atomic E-state index is 11.8. The molecule has 0 bridgehead atoms. The minimum absolute atomic E-state index is 0.0534. The molecule has 7 heteroatoms. The molecule has 1 aliphatic heterocycles. The van der Waals surface area contributed by atoms with Gasteiger partial charge in [0.25, 0.3) is 0 Å². The van der Waals surface area contributed by atoms with Crippen molar-refractivity contribution in [3.05, 3.63) is 0 Å². The van der Waals surface area contributed by atoms with Crippen molar-refractivity contribution in [3.8, 4) is 0 Å². The SMILES string of the molecule is CCN1CCOC(CNC(=O)NC(C(=O)O)C(C)(C)C)C1. The predicted octanol–water partition coefficient (Wildman–Crippen LogP) is 0.506. The van der Waals surface area contributed by atoms with E-state index in [9.17, 15) is 9.59 Å². The van der Waals surface area contributed by atoms with E-state index < -0.39 is 23.5 Å². The average Bonchev–Trinajstić information content (AvgIpc) is 2.41. The van der Waals surface area contributed by atoms with Crippen LogP contribution in [0.2, 0.25) is 0 Å². The lowest BCUT2D eigenvalue weighted by molar-refractivity contribution is -0.141. The zero-order valence-corrected chi connectivity index (χ0v) is 13.3. The standard InChI is InChI=1S/C14H27N3O4/c1-5-17-6-7-21-10(9-17)8-15-13(20)16-11(12(18)19)14(2,3)4/h10-11H,5-9H2,1-4H3,(H,18,19)(H2,15,16,20).